The molecule has 16 heteroatoms. The van der Waals surface area contributed by atoms with Crippen LogP contribution >= 0.6 is 0 Å². The number of pyridine rings is 6. The molecule has 667 valence electrons. The fourth-order valence-corrected chi connectivity index (χ4v) is 14.3. The van der Waals surface area contributed by atoms with Crippen LogP contribution in [-0.4, -0.2) is 29.9 Å². The van der Waals surface area contributed by atoms with Crippen molar-refractivity contribution >= 4 is 32.7 Å². The summed E-state index contributed by atoms with van der Waals surface area (Å²) in [5.41, 5.74) is 25.3. The van der Waals surface area contributed by atoms with Crippen LogP contribution in [0.25, 0.3) is 145 Å². The Morgan fingerprint density at radius 1 is 0.250 bits per heavy atom. The summed E-state index contributed by atoms with van der Waals surface area (Å²) < 4.78 is 92.8. The van der Waals surface area contributed by atoms with E-state index in [9.17, 15) is 30.7 Å². The van der Waals surface area contributed by atoms with E-state index in [2.05, 4.69) is 303 Å². The Kier molecular flexibility index (Phi) is 34.1. The molecular formula is C116H91F7Ir3N6-6. The van der Waals surface area contributed by atoms with Gasteiger partial charge in [-0.25, -0.2) is 0 Å². The fraction of sp³-hybridized carbons (Fsp3) is 0.121. The van der Waals surface area contributed by atoms with Gasteiger partial charge in [0, 0.05) is 130 Å². The number of aryl methyl sites for hydroxylation is 2. The Morgan fingerprint density at radius 2 is 0.614 bits per heavy atom. The number of benzene rings is 13. The van der Waals surface area contributed by atoms with Gasteiger partial charge in [-0.05, 0) is 166 Å². The number of hydrogen-bond acceptors (Lipinski definition) is 6. The summed E-state index contributed by atoms with van der Waals surface area (Å²) in [6.45, 7) is 22.8. The van der Waals surface area contributed by atoms with E-state index in [-0.39, 0.29) is 99.1 Å². The molecule has 0 saturated carbocycles. The third-order valence-corrected chi connectivity index (χ3v) is 21.3. The van der Waals surface area contributed by atoms with Crippen molar-refractivity contribution in [1.29, 1.82) is 0 Å². The Labute approximate surface area is 808 Å². The average molecular weight is 2280 g/mol. The zero-order chi connectivity index (χ0) is 90.9. The van der Waals surface area contributed by atoms with E-state index in [4.69, 9.17) is 15.0 Å². The van der Waals surface area contributed by atoms with Crippen molar-refractivity contribution in [3.8, 4) is 112 Å². The van der Waals surface area contributed by atoms with E-state index in [0.717, 1.165) is 131 Å². The van der Waals surface area contributed by atoms with E-state index < -0.39 is 34.9 Å². The van der Waals surface area contributed by atoms with Crippen LogP contribution in [0.4, 0.5) is 30.7 Å². The van der Waals surface area contributed by atoms with Gasteiger partial charge in [-0.3, -0.25) is 45.7 Å². The van der Waals surface area contributed by atoms with Crippen molar-refractivity contribution in [2.75, 3.05) is 0 Å². The number of para-hydroxylation sites is 1. The first-order valence-electron chi connectivity index (χ1n) is 42.1. The molecule has 0 fully saturated rings. The number of nitrogens with zero attached hydrogens (tertiary/aromatic N) is 6. The van der Waals surface area contributed by atoms with Crippen LogP contribution in [0.5, 0.6) is 0 Å². The minimum Gasteiger partial charge on any atom is -0.305 e. The number of aromatic nitrogens is 6. The summed E-state index contributed by atoms with van der Waals surface area (Å²) in [6.07, 6.45) is 4.89. The van der Waals surface area contributed by atoms with Gasteiger partial charge >= 0.3 is 0 Å². The molecule has 0 saturated heterocycles. The Balaban J connectivity index is 0.000000154. The zero-order valence-electron chi connectivity index (χ0n) is 74.3. The van der Waals surface area contributed by atoms with Crippen LogP contribution in [0, 0.1) is 91.0 Å². The first-order valence-corrected chi connectivity index (χ1v) is 42.1. The molecule has 13 aromatic carbocycles. The molecule has 6 heterocycles. The molecule has 19 aromatic rings. The van der Waals surface area contributed by atoms with Gasteiger partial charge in [0.25, 0.3) is 0 Å². The average Bonchev–Trinajstić information content (AvgIpc) is 0.769. The third-order valence-electron chi connectivity index (χ3n) is 21.3. The monoisotopic (exact) mass is 2280 g/mol. The van der Waals surface area contributed by atoms with E-state index in [1.165, 1.54) is 56.5 Å². The van der Waals surface area contributed by atoms with Gasteiger partial charge in [0.15, 0.2) is 0 Å². The molecule has 0 aliphatic carbocycles. The molecule has 0 atom stereocenters. The molecule has 0 N–H and O–H groups in total. The van der Waals surface area contributed by atoms with Gasteiger partial charge in [0.1, 0.15) is 0 Å². The zero-order valence-corrected chi connectivity index (χ0v) is 81.5. The van der Waals surface area contributed by atoms with E-state index in [1.807, 2.05) is 103 Å². The second kappa shape index (κ2) is 45.2. The van der Waals surface area contributed by atoms with E-state index >= 15 is 0 Å². The third kappa shape index (κ3) is 26.0. The minimum atomic E-state index is -0.645. The second-order valence-electron chi connectivity index (χ2n) is 34.1. The minimum absolute atomic E-state index is 0. The largest absolute Gasteiger partial charge is 0.305 e. The number of rotatable bonds is 10. The molecule has 0 amide bonds. The summed E-state index contributed by atoms with van der Waals surface area (Å²) in [6, 6.07) is 122. The smallest absolute Gasteiger partial charge is 0.0602 e. The summed E-state index contributed by atoms with van der Waals surface area (Å²) >= 11 is 0. The summed E-state index contributed by atoms with van der Waals surface area (Å²) in [5.74, 6) is -4.14. The van der Waals surface area contributed by atoms with Crippen LogP contribution in [0.3, 0.4) is 0 Å². The van der Waals surface area contributed by atoms with Gasteiger partial charge < -0.3 is 15.0 Å². The normalized spacial score (nSPS) is 10.9. The van der Waals surface area contributed by atoms with Gasteiger partial charge in [-0.2, -0.15) is 0 Å². The van der Waals surface area contributed by atoms with Crippen LogP contribution < -0.4 is 0 Å². The second-order valence-corrected chi connectivity index (χ2v) is 34.1. The van der Waals surface area contributed by atoms with Crippen molar-refractivity contribution in [1.82, 2.24) is 29.9 Å². The van der Waals surface area contributed by atoms with Gasteiger partial charge in [-0.1, -0.05) is 305 Å². The molecule has 0 unspecified atom stereocenters. The first kappa shape index (κ1) is 99.6. The van der Waals surface area contributed by atoms with Crippen LogP contribution in [0.2, 0.25) is 0 Å². The van der Waals surface area contributed by atoms with Crippen LogP contribution in [0.1, 0.15) is 90.1 Å². The van der Waals surface area contributed by atoms with Crippen molar-refractivity contribution in [2.24, 2.45) is 0 Å². The van der Waals surface area contributed by atoms with Gasteiger partial charge in [-0.15, -0.1) is 137 Å². The molecule has 0 aliphatic heterocycles. The van der Waals surface area contributed by atoms with Crippen LogP contribution in [-0.2, 0) is 76.6 Å². The fourth-order valence-electron chi connectivity index (χ4n) is 14.3. The maximum Gasteiger partial charge on any atom is 0.0602 e. The summed E-state index contributed by atoms with van der Waals surface area (Å²) in [7, 11) is 0. The predicted octanol–water partition coefficient (Wildman–Crippen LogP) is 30.9. The number of halogens is 7. The van der Waals surface area contributed by atoms with Crippen molar-refractivity contribution < 1.29 is 91.0 Å². The summed E-state index contributed by atoms with van der Waals surface area (Å²) in [4.78, 5) is 26.8. The Hall–Kier alpha value is -13.0. The van der Waals surface area contributed by atoms with Crippen molar-refractivity contribution in [3.63, 3.8) is 0 Å². The van der Waals surface area contributed by atoms with Crippen LogP contribution in [0.15, 0.2) is 352 Å². The molecule has 132 heavy (non-hydrogen) atoms. The van der Waals surface area contributed by atoms with Crippen molar-refractivity contribution in [3.05, 3.63) is 457 Å². The molecule has 0 spiro atoms. The molecule has 6 nitrogen and oxygen atoms in total. The quantitative estimate of drug-likeness (QED) is 0.100. The van der Waals surface area contributed by atoms with Gasteiger partial charge in [0.2, 0.25) is 0 Å². The Morgan fingerprint density at radius 3 is 1.02 bits per heavy atom. The maximum atomic E-state index is 13.7. The number of hydrogen-bond donors (Lipinski definition) is 0. The molecule has 0 aliphatic rings. The molecule has 6 aromatic heterocycles. The molecular weight excluding hydrogens is 2190 g/mol. The standard InChI is InChI=1S/C27H17FN.2C22H16N.3C15H14F2N.3Ir/c28-23-14-11-21(12-15-23)27-18-24(20-9-5-2-6-10-20)25-17-22(13-16-26(25)29-27)19-7-3-1-4-8-19;1-16-8-7-11-18(14-16)22-15-20(17-9-3-2-4-10-17)19-12-5-6-13-21(19)23-22;1-16-6-5-9-19(14-16)21-13-11-20-15-18(10-12-22(20)23-21)17-7-3-2-4-8-17;3*1-15(2,3)10-6-7-18-14(8-10)12-5-4-11(16)9-13(12)17;;;/h1-11,13-18H;2-10,12-15H,1H3;2-8,10-15H,1H3;3*4,6-9H,1-3H3;;;/q6*-1;;;. The molecule has 3 radical (unpaired) electrons. The first-order chi connectivity index (χ1) is 62.0. The van der Waals surface area contributed by atoms with E-state index in [0.29, 0.717) is 17.1 Å². The topological polar surface area (TPSA) is 77.3 Å². The van der Waals surface area contributed by atoms with Crippen molar-refractivity contribution in [2.45, 2.75) is 92.4 Å². The summed E-state index contributed by atoms with van der Waals surface area (Å²) in [5, 5.41) is 3.42. The van der Waals surface area contributed by atoms with Gasteiger partial charge in [0.05, 0.1) is 16.6 Å². The molecule has 19 rings (SSSR count). The number of fused-ring (bicyclic) bond motifs is 3. The van der Waals surface area contributed by atoms with E-state index in [1.54, 1.807) is 24.7 Å². The molecule has 0 bridgehead atoms. The maximum absolute atomic E-state index is 13.7. The Bertz CT molecular complexity index is 6860. The SMILES string of the molecule is CC(C)(C)c1ccnc(-c2[c-]cc(F)cc2F)c1.CC(C)(C)c1ccnc(-c2[c-]cc(F)cc2F)c1.CC(C)(C)c1ccnc(-c2[c-]cc(F)cc2F)c1.Cc1cc[c-]c(-c2cc(-c3ccccc3)c3ccccc3n2)c1.Cc1cc[c-]c(-c2ccc3cc(-c4ccccc4)ccc3n2)c1.Fc1c[c-]c(-c2cc(-c3ccccc3)c3cc(-c4ccccc4)ccc3n2)cc1.[Ir].[Ir].[Ir]. The predicted molar refractivity (Wildman–Crippen MR) is 511 cm³/mol.